The number of thioether (sulfide) groups is 1. The fraction of sp³-hybridized carbons (Fsp3) is 0.583. The molecule has 1 N–H and O–H groups in total. The SMILES string of the molecule is CCCNCCCCSc1ncccc1Cl. The van der Waals surface area contributed by atoms with Crippen molar-refractivity contribution < 1.29 is 0 Å². The van der Waals surface area contributed by atoms with Crippen LogP contribution >= 0.6 is 23.4 Å². The van der Waals surface area contributed by atoms with Crippen LogP contribution in [0.3, 0.4) is 0 Å². The highest BCUT2D eigenvalue weighted by molar-refractivity contribution is 7.99. The Balaban J connectivity index is 2.05. The maximum Gasteiger partial charge on any atom is 0.115 e. The summed E-state index contributed by atoms with van der Waals surface area (Å²) in [7, 11) is 0. The third-order valence-electron chi connectivity index (χ3n) is 2.14. The third kappa shape index (κ3) is 5.73. The molecule has 0 radical (unpaired) electrons. The van der Waals surface area contributed by atoms with E-state index in [1.54, 1.807) is 18.0 Å². The average molecular weight is 259 g/mol. The molecule has 1 rings (SSSR count). The van der Waals surface area contributed by atoms with E-state index in [1.165, 1.54) is 19.3 Å². The van der Waals surface area contributed by atoms with E-state index in [0.29, 0.717) is 0 Å². The van der Waals surface area contributed by atoms with Crippen LogP contribution in [0.4, 0.5) is 0 Å². The van der Waals surface area contributed by atoms with Crippen LogP contribution in [0.2, 0.25) is 5.02 Å². The van der Waals surface area contributed by atoms with Crippen LogP contribution in [0.15, 0.2) is 23.4 Å². The smallest absolute Gasteiger partial charge is 0.115 e. The van der Waals surface area contributed by atoms with Gasteiger partial charge in [0.15, 0.2) is 0 Å². The minimum atomic E-state index is 0.761. The Kier molecular flexibility index (Phi) is 7.64. The second-order valence-electron chi connectivity index (χ2n) is 3.60. The van der Waals surface area contributed by atoms with Gasteiger partial charge in [-0.25, -0.2) is 4.98 Å². The van der Waals surface area contributed by atoms with Crippen molar-refractivity contribution in [1.82, 2.24) is 10.3 Å². The van der Waals surface area contributed by atoms with Gasteiger partial charge in [-0.3, -0.25) is 0 Å². The minimum Gasteiger partial charge on any atom is -0.317 e. The number of nitrogens with zero attached hydrogens (tertiary/aromatic N) is 1. The van der Waals surface area contributed by atoms with Crippen molar-refractivity contribution in [1.29, 1.82) is 0 Å². The summed E-state index contributed by atoms with van der Waals surface area (Å²) in [5.41, 5.74) is 0. The zero-order valence-corrected chi connectivity index (χ0v) is 11.3. The molecule has 0 aliphatic carbocycles. The van der Waals surface area contributed by atoms with Crippen LogP contribution in [0.25, 0.3) is 0 Å². The number of nitrogens with one attached hydrogen (secondary N) is 1. The summed E-state index contributed by atoms with van der Waals surface area (Å²) in [4.78, 5) is 4.24. The first-order chi connectivity index (χ1) is 7.84. The number of unbranched alkanes of at least 4 members (excludes halogenated alkanes) is 1. The van der Waals surface area contributed by atoms with E-state index in [2.05, 4.69) is 17.2 Å². The van der Waals surface area contributed by atoms with Crippen LogP contribution in [-0.4, -0.2) is 23.8 Å². The van der Waals surface area contributed by atoms with Crippen LogP contribution < -0.4 is 5.32 Å². The lowest BCUT2D eigenvalue weighted by atomic mass is 10.3. The zero-order chi connectivity index (χ0) is 11.6. The van der Waals surface area contributed by atoms with Gasteiger partial charge in [0.2, 0.25) is 0 Å². The molecule has 1 aromatic rings. The van der Waals surface area contributed by atoms with Crippen molar-refractivity contribution in [2.24, 2.45) is 0 Å². The van der Waals surface area contributed by atoms with E-state index in [4.69, 9.17) is 11.6 Å². The van der Waals surface area contributed by atoms with E-state index >= 15 is 0 Å². The first kappa shape index (κ1) is 13.8. The zero-order valence-electron chi connectivity index (χ0n) is 9.71. The molecule has 90 valence electrons. The number of rotatable bonds is 8. The molecule has 0 aromatic carbocycles. The van der Waals surface area contributed by atoms with Gasteiger partial charge in [0.1, 0.15) is 5.03 Å². The predicted octanol–water partition coefficient (Wildman–Crippen LogP) is 3.61. The molecule has 16 heavy (non-hydrogen) atoms. The lowest BCUT2D eigenvalue weighted by molar-refractivity contribution is 0.635. The van der Waals surface area contributed by atoms with E-state index in [0.717, 1.165) is 28.9 Å². The van der Waals surface area contributed by atoms with Gasteiger partial charge in [-0.1, -0.05) is 18.5 Å². The van der Waals surface area contributed by atoms with E-state index < -0.39 is 0 Å². The molecule has 0 unspecified atom stereocenters. The number of hydrogen-bond acceptors (Lipinski definition) is 3. The minimum absolute atomic E-state index is 0.761. The van der Waals surface area contributed by atoms with Gasteiger partial charge < -0.3 is 5.32 Å². The summed E-state index contributed by atoms with van der Waals surface area (Å²) >= 11 is 7.75. The topological polar surface area (TPSA) is 24.9 Å². The fourth-order valence-electron chi connectivity index (χ4n) is 1.30. The Morgan fingerprint density at radius 3 is 3.00 bits per heavy atom. The highest BCUT2D eigenvalue weighted by Crippen LogP contribution is 2.24. The molecule has 0 fully saturated rings. The van der Waals surface area contributed by atoms with Crippen molar-refractivity contribution in [2.45, 2.75) is 31.2 Å². The van der Waals surface area contributed by atoms with Gasteiger partial charge in [-0.2, -0.15) is 0 Å². The molecule has 4 heteroatoms. The standard InChI is InChI=1S/C12H19ClN2S/c1-2-7-14-8-3-4-10-16-12-11(13)6-5-9-15-12/h5-6,9,14H,2-4,7-8,10H2,1H3. The summed E-state index contributed by atoms with van der Waals surface area (Å²) in [5, 5.41) is 5.10. The highest BCUT2D eigenvalue weighted by Gasteiger charge is 2.00. The van der Waals surface area contributed by atoms with E-state index in [-0.39, 0.29) is 0 Å². The van der Waals surface area contributed by atoms with Crippen molar-refractivity contribution in [3.63, 3.8) is 0 Å². The maximum atomic E-state index is 6.01. The lowest BCUT2D eigenvalue weighted by Crippen LogP contribution is -2.15. The van der Waals surface area contributed by atoms with Crippen molar-refractivity contribution >= 4 is 23.4 Å². The van der Waals surface area contributed by atoms with Crippen molar-refractivity contribution in [3.05, 3.63) is 23.4 Å². The van der Waals surface area contributed by atoms with E-state index in [1.807, 2.05) is 12.1 Å². The summed E-state index contributed by atoms with van der Waals surface area (Å²) in [6, 6.07) is 3.75. The Labute approximate surface area is 107 Å². The second-order valence-corrected chi connectivity index (χ2v) is 5.09. The second kappa shape index (κ2) is 8.85. The van der Waals surface area contributed by atoms with Gasteiger partial charge in [0.05, 0.1) is 5.02 Å². The number of hydrogen-bond donors (Lipinski definition) is 1. The molecular formula is C12H19ClN2S. The number of halogens is 1. The molecule has 0 saturated heterocycles. The van der Waals surface area contributed by atoms with Crippen LogP contribution in [0, 0.1) is 0 Å². The van der Waals surface area contributed by atoms with Crippen LogP contribution in [-0.2, 0) is 0 Å². The first-order valence-electron chi connectivity index (χ1n) is 5.78. The van der Waals surface area contributed by atoms with Gasteiger partial charge in [0.25, 0.3) is 0 Å². The highest BCUT2D eigenvalue weighted by atomic mass is 35.5. The molecule has 0 saturated carbocycles. The summed E-state index contributed by atoms with van der Waals surface area (Å²) in [6.45, 7) is 4.43. The molecule has 0 spiro atoms. The molecule has 0 atom stereocenters. The molecule has 0 aliphatic heterocycles. The Morgan fingerprint density at radius 1 is 1.38 bits per heavy atom. The first-order valence-corrected chi connectivity index (χ1v) is 7.15. The molecular weight excluding hydrogens is 240 g/mol. The van der Waals surface area contributed by atoms with Crippen molar-refractivity contribution in [2.75, 3.05) is 18.8 Å². The Morgan fingerprint density at radius 2 is 2.25 bits per heavy atom. The fourth-order valence-corrected chi connectivity index (χ4v) is 2.47. The number of pyridine rings is 1. The van der Waals surface area contributed by atoms with E-state index in [9.17, 15) is 0 Å². The Hall–Kier alpha value is -0.250. The normalized spacial score (nSPS) is 10.6. The van der Waals surface area contributed by atoms with Crippen LogP contribution in [0.1, 0.15) is 26.2 Å². The molecule has 0 amide bonds. The van der Waals surface area contributed by atoms with Gasteiger partial charge in [-0.15, -0.1) is 11.8 Å². The number of aromatic nitrogens is 1. The average Bonchev–Trinajstić information content (AvgIpc) is 2.30. The Bertz CT molecular complexity index is 294. The van der Waals surface area contributed by atoms with Gasteiger partial charge in [0, 0.05) is 6.20 Å². The van der Waals surface area contributed by atoms with Gasteiger partial charge >= 0.3 is 0 Å². The largest absolute Gasteiger partial charge is 0.317 e. The maximum absolute atomic E-state index is 6.01. The predicted molar refractivity (Wildman–Crippen MR) is 72.4 cm³/mol. The molecule has 0 aliphatic rings. The third-order valence-corrected chi connectivity index (χ3v) is 3.65. The molecule has 0 bridgehead atoms. The molecule has 1 heterocycles. The quantitative estimate of drug-likeness (QED) is 0.570. The van der Waals surface area contributed by atoms with Crippen LogP contribution in [0.5, 0.6) is 0 Å². The monoisotopic (exact) mass is 258 g/mol. The van der Waals surface area contributed by atoms with Gasteiger partial charge in [-0.05, 0) is 50.2 Å². The summed E-state index contributed by atoms with van der Waals surface area (Å²) in [6.07, 6.45) is 5.42. The summed E-state index contributed by atoms with van der Waals surface area (Å²) in [5.74, 6) is 1.09. The molecule has 1 aromatic heterocycles. The lowest BCUT2D eigenvalue weighted by Gasteiger charge is -2.03. The molecule has 2 nitrogen and oxygen atoms in total. The summed E-state index contributed by atoms with van der Waals surface area (Å²) < 4.78 is 0. The van der Waals surface area contributed by atoms with Crippen molar-refractivity contribution in [3.8, 4) is 0 Å².